The first kappa shape index (κ1) is 11.4. The summed E-state index contributed by atoms with van der Waals surface area (Å²) < 4.78 is 1.78. The van der Waals surface area contributed by atoms with Gasteiger partial charge < -0.3 is 5.43 Å². The third kappa shape index (κ3) is 2.16. The monoisotopic (exact) mass is 252 g/mol. The van der Waals surface area contributed by atoms with Crippen LogP contribution in [-0.2, 0) is 0 Å². The van der Waals surface area contributed by atoms with Gasteiger partial charge in [-0.15, -0.1) is 0 Å². The van der Waals surface area contributed by atoms with Crippen molar-refractivity contribution in [2.45, 2.75) is 0 Å². The minimum atomic E-state index is 0.523. The minimum absolute atomic E-state index is 0.523. The lowest BCUT2D eigenvalue weighted by Crippen LogP contribution is -2.10. The van der Waals surface area contributed by atoms with Gasteiger partial charge in [0.15, 0.2) is 5.82 Å². The second kappa shape index (κ2) is 4.87. The Hall–Kier alpha value is -2.73. The fraction of sp³-hybridized carbons (Fsp3) is 0. The second-order valence-electron chi connectivity index (χ2n) is 3.91. The maximum absolute atomic E-state index is 5.43. The summed E-state index contributed by atoms with van der Waals surface area (Å²) in [5.74, 6) is 5.95. The van der Waals surface area contributed by atoms with Crippen LogP contribution in [0.3, 0.4) is 0 Å². The van der Waals surface area contributed by atoms with Gasteiger partial charge in [0, 0.05) is 24.2 Å². The molecule has 3 N–H and O–H groups in total. The highest BCUT2D eigenvalue weighted by molar-refractivity contribution is 5.69. The molecule has 0 unspecified atom stereocenters. The number of hydrogen-bond donors (Lipinski definition) is 2. The number of nitrogens with one attached hydrogen (secondary N) is 1. The van der Waals surface area contributed by atoms with Gasteiger partial charge in [0.25, 0.3) is 0 Å². The normalized spacial score (nSPS) is 10.4. The molecule has 0 aliphatic heterocycles. The van der Waals surface area contributed by atoms with Crippen LogP contribution >= 0.6 is 0 Å². The average Bonchev–Trinajstić information content (AvgIpc) is 2.98. The van der Waals surface area contributed by atoms with E-state index in [2.05, 4.69) is 20.5 Å². The van der Waals surface area contributed by atoms with Crippen molar-refractivity contribution in [3.63, 3.8) is 0 Å². The van der Waals surface area contributed by atoms with E-state index < -0.39 is 0 Å². The Morgan fingerprint density at radius 2 is 1.84 bits per heavy atom. The van der Waals surface area contributed by atoms with Crippen molar-refractivity contribution in [1.29, 1.82) is 0 Å². The first-order valence-corrected chi connectivity index (χ1v) is 5.76. The van der Waals surface area contributed by atoms with E-state index in [4.69, 9.17) is 5.84 Å². The van der Waals surface area contributed by atoms with E-state index in [0.29, 0.717) is 11.5 Å². The van der Waals surface area contributed by atoms with Gasteiger partial charge in [0.05, 0.1) is 11.9 Å². The fourth-order valence-corrected chi connectivity index (χ4v) is 1.82. The van der Waals surface area contributed by atoms with Crippen LogP contribution in [0.5, 0.6) is 0 Å². The van der Waals surface area contributed by atoms with E-state index >= 15 is 0 Å². The van der Waals surface area contributed by atoms with E-state index in [1.54, 1.807) is 23.3 Å². The lowest BCUT2D eigenvalue weighted by Gasteiger charge is -2.03. The van der Waals surface area contributed by atoms with Crippen LogP contribution in [0.1, 0.15) is 0 Å². The number of rotatable bonds is 3. The third-order valence-corrected chi connectivity index (χ3v) is 2.71. The standard InChI is InChI=1S/C13H12N6/c14-18-13-12(15-6-7-16-13)10-8-17-19(9-10)11-4-2-1-3-5-11/h1-9H,14H2,(H,16,18). The van der Waals surface area contributed by atoms with Crippen LogP contribution in [0.15, 0.2) is 55.1 Å². The molecule has 0 atom stereocenters. The molecule has 94 valence electrons. The number of anilines is 1. The number of hydrazine groups is 1. The van der Waals surface area contributed by atoms with Crippen LogP contribution < -0.4 is 11.3 Å². The second-order valence-corrected chi connectivity index (χ2v) is 3.91. The molecule has 2 aromatic heterocycles. The zero-order valence-corrected chi connectivity index (χ0v) is 10.1. The zero-order valence-electron chi connectivity index (χ0n) is 10.1. The van der Waals surface area contributed by atoms with Crippen LogP contribution in [0.4, 0.5) is 5.82 Å². The van der Waals surface area contributed by atoms with Gasteiger partial charge in [0.2, 0.25) is 0 Å². The predicted octanol–water partition coefficient (Wildman–Crippen LogP) is 1.61. The van der Waals surface area contributed by atoms with Crippen molar-refractivity contribution >= 4 is 5.82 Å². The molecule has 0 amide bonds. The van der Waals surface area contributed by atoms with Crippen LogP contribution in [0.2, 0.25) is 0 Å². The maximum atomic E-state index is 5.43. The fourth-order valence-electron chi connectivity index (χ4n) is 1.82. The third-order valence-electron chi connectivity index (χ3n) is 2.71. The molecular formula is C13H12N6. The van der Waals surface area contributed by atoms with E-state index in [9.17, 15) is 0 Å². The van der Waals surface area contributed by atoms with Crippen molar-refractivity contribution in [2.75, 3.05) is 5.43 Å². The summed E-state index contributed by atoms with van der Waals surface area (Å²) in [4.78, 5) is 8.39. The molecular weight excluding hydrogens is 240 g/mol. The van der Waals surface area contributed by atoms with Gasteiger partial charge in [-0.1, -0.05) is 18.2 Å². The predicted molar refractivity (Wildman–Crippen MR) is 72.4 cm³/mol. The molecule has 0 saturated carbocycles. The van der Waals surface area contributed by atoms with Gasteiger partial charge in [-0.2, -0.15) is 5.10 Å². The molecule has 3 aromatic rings. The number of hydrogen-bond acceptors (Lipinski definition) is 5. The average molecular weight is 252 g/mol. The van der Waals surface area contributed by atoms with Crippen molar-refractivity contribution in [3.8, 4) is 16.9 Å². The van der Waals surface area contributed by atoms with Gasteiger partial charge in [0.1, 0.15) is 5.69 Å². The molecule has 0 spiro atoms. The van der Waals surface area contributed by atoms with E-state index in [1.165, 1.54) is 0 Å². The number of aromatic nitrogens is 4. The van der Waals surface area contributed by atoms with E-state index in [1.807, 2.05) is 36.5 Å². The lowest BCUT2D eigenvalue weighted by atomic mass is 10.2. The molecule has 0 radical (unpaired) electrons. The van der Waals surface area contributed by atoms with Crippen LogP contribution in [0.25, 0.3) is 16.9 Å². The molecule has 1 aromatic carbocycles. The SMILES string of the molecule is NNc1nccnc1-c1cnn(-c2ccccc2)c1. The molecule has 6 nitrogen and oxygen atoms in total. The molecule has 19 heavy (non-hydrogen) atoms. The highest BCUT2D eigenvalue weighted by Crippen LogP contribution is 2.22. The summed E-state index contributed by atoms with van der Waals surface area (Å²) in [6.45, 7) is 0. The summed E-state index contributed by atoms with van der Waals surface area (Å²) in [5, 5.41) is 4.32. The Bertz CT molecular complexity index is 676. The Balaban J connectivity index is 2.02. The molecule has 0 aliphatic carbocycles. The minimum Gasteiger partial charge on any atom is -0.307 e. The topological polar surface area (TPSA) is 81.7 Å². The summed E-state index contributed by atoms with van der Waals surface area (Å²) in [6, 6.07) is 9.86. The van der Waals surface area contributed by atoms with Crippen molar-refractivity contribution in [1.82, 2.24) is 19.7 Å². The molecule has 0 bridgehead atoms. The number of para-hydroxylation sites is 1. The van der Waals surface area contributed by atoms with Crippen molar-refractivity contribution < 1.29 is 0 Å². The molecule has 2 heterocycles. The van der Waals surface area contributed by atoms with E-state index in [-0.39, 0.29) is 0 Å². The van der Waals surface area contributed by atoms with E-state index in [0.717, 1.165) is 11.3 Å². The maximum Gasteiger partial charge on any atom is 0.166 e. The molecule has 6 heteroatoms. The van der Waals surface area contributed by atoms with Gasteiger partial charge >= 0.3 is 0 Å². The number of nitrogen functional groups attached to an aromatic ring is 1. The number of benzene rings is 1. The molecule has 0 aliphatic rings. The lowest BCUT2D eigenvalue weighted by molar-refractivity contribution is 0.880. The number of nitrogens with zero attached hydrogens (tertiary/aromatic N) is 4. The van der Waals surface area contributed by atoms with Gasteiger partial charge in [-0.25, -0.2) is 15.5 Å². The largest absolute Gasteiger partial charge is 0.307 e. The highest BCUT2D eigenvalue weighted by atomic mass is 15.3. The summed E-state index contributed by atoms with van der Waals surface area (Å²) >= 11 is 0. The molecule has 3 rings (SSSR count). The van der Waals surface area contributed by atoms with Crippen molar-refractivity contribution in [3.05, 3.63) is 55.1 Å². The van der Waals surface area contributed by atoms with Gasteiger partial charge in [-0.05, 0) is 12.1 Å². The Morgan fingerprint density at radius 1 is 1.05 bits per heavy atom. The quantitative estimate of drug-likeness (QED) is 0.546. The first-order chi connectivity index (χ1) is 9.38. The summed E-state index contributed by atoms with van der Waals surface area (Å²) in [6.07, 6.45) is 6.83. The zero-order chi connectivity index (χ0) is 13.1. The highest BCUT2D eigenvalue weighted by Gasteiger charge is 2.09. The Labute approximate surface area is 109 Å². The summed E-state index contributed by atoms with van der Waals surface area (Å²) in [5.41, 5.74) is 5.04. The first-order valence-electron chi connectivity index (χ1n) is 5.76. The van der Waals surface area contributed by atoms with Crippen molar-refractivity contribution in [2.24, 2.45) is 5.84 Å². The molecule has 0 saturated heterocycles. The number of nitrogens with two attached hydrogens (primary N) is 1. The van der Waals surface area contributed by atoms with Crippen LogP contribution in [-0.4, -0.2) is 19.7 Å². The Kier molecular flexibility index (Phi) is 2.91. The summed E-state index contributed by atoms with van der Waals surface area (Å²) in [7, 11) is 0. The smallest absolute Gasteiger partial charge is 0.166 e. The Morgan fingerprint density at radius 3 is 2.63 bits per heavy atom. The molecule has 0 fully saturated rings. The van der Waals surface area contributed by atoms with Gasteiger partial charge in [-0.3, -0.25) is 4.98 Å². The van der Waals surface area contributed by atoms with Crippen LogP contribution in [0, 0.1) is 0 Å².